The Balaban J connectivity index is 1.41. The summed E-state index contributed by atoms with van der Waals surface area (Å²) in [4.78, 5) is 29.1. The van der Waals surface area contributed by atoms with E-state index in [2.05, 4.69) is 10.3 Å². The van der Waals surface area contributed by atoms with Crippen molar-refractivity contribution in [2.24, 2.45) is 0 Å². The fourth-order valence-electron chi connectivity index (χ4n) is 3.24. The van der Waals surface area contributed by atoms with Crippen LogP contribution in [0, 0.1) is 13.8 Å². The zero-order valence-electron chi connectivity index (χ0n) is 16.9. The van der Waals surface area contributed by atoms with E-state index < -0.39 is 0 Å². The molecule has 30 heavy (non-hydrogen) atoms. The van der Waals surface area contributed by atoms with Crippen LogP contribution in [0.3, 0.4) is 0 Å². The van der Waals surface area contributed by atoms with Crippen LogP contribution in [-0.2, 0) is 4.79 Å². The van der Waals surface area contributed by atoms with Crippen molar-refractivity contribution in [1.82, 2.24) is 4.98 Å². The minimum Gasteiger partial charge on any atom is -0.436 e. The van der Waals surface area contributed by atoms with Crippen LogP contribution in [-0.4, -0.2) is 16.7 Å². The van der Waals surface area contributed by atoms with Crippen LogP contribution in [0.15, 0.2) is 71.1 Å². The number of aromatic nitrogens is 1. The molecule has 0 aliphatic carbocycles. The van der Waals surface area contributed by atoms with E-state index in [0.29, 0.717) is 22.7 Å². The van der Waals surface area contributed by atoms with Crippen molar-refractivity contribution in [3.8, 4) is 11.5 Å². The third kappa shape index (κ3) is 4.46. The second-order valence-corrected chi connectivity index (χ2v) is 7.41. The van der Waals surface area contributed by atoms with Crippen molar-refractivity contribution in [3.63, 3.8) is 0 Å². The minimum absolute atomic E-state index is 0.0429. The number of aryl methyl sites for hydroxylation is 2. The van der Waals surface area contributed by atoms with Gasteiger partial charge in [0.1, 0.15) is 5.52 Å². The largest absolute Gasteiger partial charge is 0.436 e. The predicted octanol–water partition coefficient (Wildman–Crippen LogP) is 5.71. The highest BCUT2D eigenvalue weighted by molar-refractivity contribution is 6.00. The van der Waals surface area contributed by atoms with Crippen molar-refractivity contribution in [1.29, 1.82) is 0 Å². The lowest BCUT2D eigenvalue weighted by Gasteiger charge is -2.05. The number of rotatable bonds is 6. The normalized spacial score (nSPS) is 10.9. The number of nitrogens with one attached hydrogen (secondary N) is 1. The van der Waals surface area contributed by atoms with E-state index in [1.165, 1.54) is 0 Å². The van der Waals surface area contributed by atoms with Crippen LogP contribution in [0.4, 0.5) is 5.69 Å². The lowest BCUT2D eigenvalue weighted by Crippen LogP contribution is -2.13. The smallest absolute Gasteiger partial charge is 0.227 e. The first-order valence-electron chi connectivity index (χ1n) is 9.85. The number of amides is 1. The van der Waals surface area contributed by atoms with Gasteiger partial charge < -0.3 is 9.73 Å². The predicted molar refractivity (Wildman–Crippen MR) is 118 cm³/mol. The monoisotopic (exact) mass is 398 g/mol. The molecule has 0 radical (unpaired) electrons. The summed E-state index contributed by atoms with van der Waals surface area (Å²) in [5.74, 6) is 0.285. The molecule has 3 aromatic carbocycles. The standard InChI is InChI=1S/C25H22N2O3/c1-16-6-8-18(9-7-16)22(28)12-13-24(29)26-20-10-11-21-23(15-20)30-25(27-21)19-5-3-4-17(2)14-19/h3-11,14-15H,12-13H2,1-2H3,(H,26,29). The molecule has 1 aromatic heterocycles. The van der Waals surface area contributed by atoms with E-state index in [1.807, 2.05) is 56.3 Å². The molecule has 0 fully saturated rings. The lowest BCUT2D eigenvalue weighted by molar-refractivity contribution is -0.116. The Morgan fingerprint density at radius 3 is 2.47 bits per heavy atom. The Morgan fingerprint density at radius 1 is 0.900 bits per heavy atom. The van der Waals surface area contributed by atoms with Gasteiger partial charge in [-0.1, -0.05) is 47.5 Å². The maximum atomic E-state index is 12.3. The molecular weight excluding hydrogens is 376 g/mol. The molecule has 0 saturated carbocycles. The van der Waals surface area contributed by atoms with Crippen LogP contribution < -0.4 is 5.32 Å². The van der Waals surface area contributed by atoms with Crippen molar-refractivity contribution >= 4 is 28.5 Å². The first-order valence-corrected chi connectivity index (χ1v) is 9.85. The Hall–Kier alpha value is -3.73. The fourth-order valence-corrected chi connectivity index (χ4v) is 3.24. The van der Waals surface area contributed by atoms with E-state index in [1.54, 1.807) is 24.3 Å². The van der Waals surface area contributed by atoms with E-state index in [-0.39, 0.29) is 24.5 Å². The molecule has 0 bridgehead atoms. The molecule has 0 aliphatic heterocycles. The molecule has 0 aliphatic rings. The molecule has 0 unspecified atom stereocenters. The number of fused-ring (bicyclic) bond motifs is 1. The van der Waals surface area contributed by atoms with Gasteiger partial charge in [0.05, 0.1) is 0 Å². The number of Topliss-reactive ketones (excluding diaryl/α,β-unsaturated/α-hetero) is 1. The number of carbonyl (C=O) groups excluding carboxylic acids is 2. The molecule has 4 aromatic rings. The van der Waals surface area contributed by atoms with Crippen molar-refractivity contribution in [2.75, 3.05) is 5.32 Å². The Bertz CT molecular complexity index is 1220. The molecule has 5 heteroatoms. The third-order valence-electron chi connectivity index (χ3n) is 4.89. The van der Waals surface area contributed by atoms with Crippen LogP contribution in [0.2, 0.25) is 0 Å². The Labute approximate surface area is 174 Å². The summed E-state index contributed by atoms with van der Waals surface area (Å²) in [6, 6.07) is 20.7. The van der Waals surface area contributed by atoms with Gasteiger partial charge in [-0.2, -0.15) is 0 Å². The molecule has 5 nitrogen and oxygen atoms in total. The van der Waals surface area contributed by atoms with Gasteiger partial charge in [0, 0.05) is 35.7 Å². The zero-order valence-corrected chi connectivity index (χ0v) is 16.9. The molecular formula is C25H22N2O3. The number of ketones is 1. The SMILES string of the molecule is Cc1ccc(C(=O)CCC(=O)Nc2ccc3nc(-c4cccc(C)c4)oc3c2)cc1. The Morgan fingerprint density at radius 2 is 1.70 bits per heavy atom. The minimum atomic E-state index is -0.215. The van der Waals surface area contributed by atoms with Gasteiger partial charge in [-0.15, -0.1) is 0 Å². The maximum Gasteiger partial charge on any atom is 0.227 e. The molecule has 1 amide bonds. The Kier molecular flexibility index (Phi) is 5.44. The van der Waals surface area contributed by atoms with Gasteiger partial charge in [-0.3, -0.25) is 9.59 Å². The quantitative estimate of drug-likeness (QED) is 0.422. The molecule has 4 rings (SSSR count). The highest BCUT2D eigenvalue weighted by Crippen LogP contribution is 2.27. The average Bonchev–Trinajstić information content (AvgIpc) is 3.16. The third-order valence-corrected chi connectivity index (χ3v) is 4.89. The fraction of sp³-hybridized carbons (Fsp3) is 0.160. The number of nitrogens with zero attached hydrogens (tertiary/aromatic N) is 1. The van der Waals surface area contributed by atoms with E-state index in [9.17, 15) is 9.59 Å². The van der Waals surface area contributed by atoms with Gasteiger partial charge in [0.25, 0.3) is 0 Å². The number of anilines is 1. The molecule has 150 valence electrons. The zero-order chi connectivity index (χ0) is 21.1. The van der Waals surface area contributed by atoms with Crippen LogP contribution >= 0.6 is 0 Å². The van der Waals surface area contributed by atoms with Gasteiger partial charge in [0.2, 0.25) is 11.8 Å². The summed E-state index contributed by atoms with van der Waals surface area (Å²) in [7, 11) is 0. The highest BCUT2D eigenvalue weighted by atomic mass is 16.3. The van der Waals surface area contributed by atoms with Crippen LogP contribution in [0.25, 0.3) is 22.6 Å². The number of carbonyl (C=O) groups is 2. The molecule has 0 atom stereocenters. The topological polar surface area (TPSA) is 72.2 Å². The number of oxazole rings is 1. The van der Waals surface area contributed by atoms with Crippen molar-refractivity contribution in [3.05, 3.63) is 83.4 Å². The molecule has 0 spiro atoms. The van der Waals surface area contributed by atoms with Crippen molar-refractivity contribution < 1.29 is 14.0 Å². The van der Waals surface area contributed by atoms with E-state index in [4.69, 9.17) is 4.42 Å². The average molecular weight is 398 g/mol. The summed E-state index contributed by atoms with van der Waals surface area (Å²) in [6.45, 7) is 3.99. The van der Waals surface area contributed by atoms with E-state index >= 15 is 0 Å². The summed E-state index contributed by atoms with van der Waals surface area (Å²) >= 11 is 0. The number of hydrogen-bond donors (Lipinski definition) is 1. The molecule has 0 saturated heterocycles. The number of hydrogen-bond acceptors (Lipinski definition) is 4. The van der Waals surface area contributed by atoms with Gasteiger partial charge in [-0.25, -0.2) is 4.98 Å². The van der Waals surface area contributed by atoms with Crippen molar-refractivity contribution in [2.45, 2.75) is 26.7 Å². The summed E-state index contributed by atoms with van der Waals surface area (Å²) in [5, 5.41) is 2.83. The van der Waals surface area contributed by atoms with Crippen LogP contribution in [0.5, 0.6) is 0 Å². The highest BCUT2D eigenvalue weighted by Gasteiger charge is 2.12. The second kappa shape index (κ2) is 8.33. The first kappa shape index (κ1) is 19.6. The maximum absolute atomic E-state index is 12.3. The molecule has 1 N–H and O–H groups in total. The summed E-state index contributed by atoms with van der Waals surface area (Å²) < 4.78 is 5.88. The van der Waals surface area contributed by atoms with Gasteiger partial charge >= 0.3 is 0 Å². The lowest BCUT2D eigenvalue weighted by atomic mass is 10.0. The van der Waals surface area contributed by atoms with E-state index in [0.717, 1.165) is 22.2 Å². The number of benzene rings is 3. The second-order valence-electron chi connectivity index (χ2n) is 7.41. The summed E-state index contributed by atoms with van der Waals surface area (Å²) in [6.07, 6.45) is 0.284. The van der Waals surface area contributed by atoms with Gasteiger partial charge in [-0.05, 0) is 38.1 Å². The first-order chi connectivity index (χ1) is 14.5. The van der Waals surface area contributed by atoms with Gasteiger partial charge in [0.15, 0.2) is 11.4 Å². The van der Waals surface area contributed by atoms with Crippen LogP contribution in [0.1, 0.15) is 34.3 Å². The molecule has 1 heterocycles. The summed E-state index contributed by atoms with van der Waals surface area (Å²) in [5.41, 5.74) is 5.69.